The van der Waals surface area contributed by atoms with Crippen molar-refractivity contribution in [3.8, 4) is 0 Å². The van der Waals surface area contributed by atoms with Crippen LogP contribution in [0.25, 0.3) is 0 Å². The van der Waals surface area contributed by atoms with Gasteiger partial charge >= 0.3 is 0 Å². The molecule has 2 N–H and O–H groups in total. The van der Waals surface area contributed by atoms with E-state index >= 15 is 0 Å². The Labute approximate surface area is 110 Å². The molecule has 1 amide bonds. The normalized spacial score (nSPS) is 19.1. The van der Waals surface area contributed by atoms with Crippen molar-refractivity contribution in [3.63, 3.8) is 0 Å². The highest BCUT2D eigenvalue weighted by Gasteiger charge is 2.32. The monoisotopic (exact) mass is 257 g/mol. The highest BCUT2D eigenvalue weighted by atomic mass is 16.3. The van der Waals surface area contributed by atoms with Gasteiger partial charge in [-0.25, -0.2) is 0 Å². The van der Waals surface area contributed by atoms with Crippen LogP contribution < -0.4 is 5.32 Å². The van der Waals surface area contributed by atoms with Crippen molar-refractivity contribution in [3.05, 3.63) is 0 Å². The summed E-state index contributed by atoms with van der Waals surface area (Å²) in [7, 11) is 1.81. The van der Waals surface area contributed by atoms with Crippen LogP contribution in [0.3, 0.4) is 0 Å². The van der Waals surface area contributed by atoms with Gasteiger partial charge in [-0.1, -0.05) is 0 Å². The number of amides is 1. The Morgan fingerprint density at radius 2 is 1.67 bits per heavy atom. The van der Waals surface area contributed by atoms with Crippen LogP contribution >= 0.6 is 0 Å². The van der Waals surface area contributed by atoms with Crippen LogP contribution in [0.2, 0.25) is 0 Å². The molecular formula is C13H27N3O2. The summed E-state index contributed by atoms with van der Waals surface area (Å²) in [6, 6.07) is 0. The number of piperazine rings is 1. The van der Waals surface area contributed by atoms with Crippen LogP contribution in [0.15, 0.2) is 0 Å². The maximum absolute atomic E-state index is 12.2. The van der Waals surface area contributed by atoms with Crippen molar-refractivity contribution in [1.82, 2.24) is 15.1 Å². The van der Waals surface area contributed by atoms with Gasteiger partial charge in [0.25, 0.3) is 0 Å². The highest BCUT2D eigenvalue weighted by Crippen LogP contribution is 2.12. The smallest absolute Gasteiger partial charge is 0.242 e. The number of aliphatic hydroxyl groups is 1. The SMILES string of the molecule is CNC(C)(C)C(=O)N1CCN(CC(C)(C)O)CC1. The first-order valence-electron chi connectivity index (χ1n) is 6.59. The van der Waals surface area contributed by atoms with E-state index in [9.17, 15) is 9.90 Å². The molecule has 0 aromatic heterocycles. The molecule has 1 aliphatic heterocycles. The van der Waals surface area contributed by atoms with Crippen LogP contribution in [0.5, 0.6) is 0 Å². The second-order valence-electron chi connectivity index (χ2n) is 6.26. The first-order valence-corrected chi connectivity index (χ1v) is 6.59. The average Bonchev–Trinajstić information content (AvgIpc) is 2.27. The lowest BCUT2D eigenvalue weighted by molar-refractivity contribution is -0.139. The summed E-state index contributed by atoms with van der Waals surface area (Å²) >= 11 is 0. The fourth-order valence-corrected chi connectivity index (χ4v) is 2.16. The number of likely N-dealkylation sites (N-methyl/N-ethyl adjacent to an activating group) is 1. The molecule has 0 atom stereocenters. The van der Waals surface area contributed by atoms with E-state index in [2.05, 4.69) is 10.2 Å². The number of carbonyl (C=O) groups excluding carboxylic acids is 1. The number of β-amino-alcohol motifs (C(OH)–C–C–N with tert-alkyl or cyclic N) is 1. The van der Waals surface area contributed by atoms with E-state index in [4.69, 9.17) is 0 Å². The Hall–Kier alpha value is -0.650. The predicted molar refractivity (Wildman–Crippen MR) is 72.5 cm³/mol. The van der Waals surface area contributed by atoms with Crippen molar-refractivity contribution in [2.75, 3.05) is 39.8 Å². The summed E-state index contributed by atoms with van der Waals surface area (Å²) in [5.74, 6) is 0.146. The quantitative estimate of drug-likeness (QED) is 0.738. The predicted octanol–water partition coefficient (Wildman–Crippen LogP) is -0.100. The Morgan fingerprint density at radius 3 is 2.06 bits per heavy atom. The Balaban J connectivity index is 2.47. The van der Waals surface area contributed by atoms with Crippen molar-refractivity contribution in [2.45, 2.75) is 38.8 Å². The topological polar surface area (TPSA) is 55.8 Å². The third kappa shape index (κ3) is 4.23. The summed E-state index contributed by atoms with van der Waals surface area (Å²) in [5, 5.41) is 12.8. The van der Waals surface area contributed by atoms with E-state index in [1.807, 2.05) is 39.6 Å². The molecule has 1 heterocycles. The summed E-state index contributed by atoms with van der Waals surface area (Å²) in [6.07, 6.45) is 0. The molecule has 1 fully saturated rings. The molecule has 0 radical (unpaired) electrons. The fourth-order valence-electron chi connectivity index (χ4n) is 2.16. The molecule has 1 saturated heterocycles. The number of hydrogen-bond acceptors (Lipinski definition) is 4. The van der Waals surface area contributed by atoms with Gasteiger partial charge in [-0.15, -0.1) is 0 Å². The minimum Gasteiger partial charge on any atom is -0.389 e. The van der Waals surface area contributed by atoms with Crippen LogP contribution in [0.1, 0.15) is 27.7 Å². The molecule has 5 heteroatoms. The lowest BCUT2D eigenvalue weighted by Gasteiger charge is -2.40. The van der Waals surface area contributed by atoms with E-state index in [1.165, 1.54) is 0 Å². The fraction of sp³-hybridized carbons (Fsp3) is 0.923. The minimum atomic E-state index is -0.670. The number of nitrogens with zero attached hydrogens (tertiary/aromatic N) is 2. The lowest BCUT2D eigenvalue weighted by atomic mass is 10.0. The van der Waals surface area contributed by atoms with Gasteiger partial charge < -0.3 is 15.3 Å². The number of nitrogens with one attached hydrogen (secondary N) is 1. The summed E-state index contributed by atoms with van der Waals surface area (Å²) < 4.78 is 0. The molecule has 0 unspecified atom stereocenters. The standard InChI is InChI=1S/C13H27N3O2/c1-12(2,18)10-15-6-8-16(9-7-15)11(17)13(3,4)14-5/h14,18H,6-10H2,1-5H3. The second-order valence-corrected chi connectivity index (χ2v) is 6.26. The lowest BCUT2D eigenvalue weighted by Crippen LogP contribution is -2.58. The van der Waals surface area contributed by atoms with Crippen molar-refractivity contribution in [2.24, 2.45) is 0 Å². The summed E-state index contributed by atoms with van der Waals surface area (Å²) in [6.45, 7) is 11.2. The van der Waals surface area contributed by atoms with E-state index in [0.29, 0.717) is 6.54 Å². The van der Waals surface area contributed by atoms with Gasteiger partial charge in [-0.05, 0) is 34.7 Å². The van der Waals surface area contributed by atoms with Gasteiger partial charge in [0, 0.05) is 32.7 Å². The molecule has 0 aromatic carbocycles. The molecule has 0 spiro atoms. The zero-order chi connectivity index (χ0) is 14.0. The third-order valence-corrected chi connectivity index (χ3v) is 3.43. The maximum Gasteiger partial charge on any atom is 0.242 e. The highest BCUT2D eigenvalue weighted by molar-refractivity contribution is 5.85. The van der Waals surface area contributed by atoms with Gasteiger partial charge in [-0.3, -0.25) is 9.69 Å². The number of carbonyl (C=O) groups is 1. The molecule has 106 valence electrons. The van der Waals surface area contributed by atoms with Crippen molar-refractivity contribution >= 4 is 5.91 Å². The Bertz CT molecular complexity index is 289. The molecule has 0 saturated carbocycles. The zero-order valence-electron chi connectivity index (χ0n) is 12.3. The van der Waals surface area contributed by atoms with E-state index < -0.39 is 11.1 Å². The Morgan fingerprint density at radius 1 is 1.17 bits per heavy atom. The largest absolute Gasteiger partial charge is 0.389 e. The first kappa shape index (κ1) is 15.4. The van der Waals surface area contributed by atoms with Gasteiger partial charge in [0.15, 0.2) is 0 Å². The van der Waals surface area contributed by atoms with Crippen LogP contribution in [-0.2, 0) is 4.79 Å². The summed E-state index contributed by atoms with van der Waals surface area (Å²) in [5.41, 5.74) is -1.17. The second kappa shape index (κ2) is 5.55. The molecule has 0 bridgehead atoms. The zero-order valence-corrected chi connectivity index (χ0v) is 12.3. The molecular weight excluding hydrogens is 230 g/mol. The maximum atomic E-state index is 12.2. The van der Waals surface area contributed by atoms with E-state index in [1.54, 1.807) is 0 Å². The molecule has 0 aromatic rings. The molecule has 18 heavy (non-hydrogen) atoms. The molecule has 1 aliphatic rings. The van der Waals surface area contributed by atoms with Crippen molar-refractivity contribution < 1.29 is 9.90 Å². The molecule has 1 rings (SSSR count). The third-order valence-electron chi connectivity index (χ3n) is 3.43. The van der Waals surface area contributed by atoms with Gasteiger partial charge in [-0.2, -0.15) is 0 Å². The minimum absolute atomic E-state index is 0.146. The number of rotatable bonds is 4. The van der Waals surface area contributed by atoms with Crippen LogP contribution in [0.4, 0.5) is 0 Å². The average molecular weight is 257 g/mol. The molecule has 0 aliphatic carbocycles. The van der Waals surface area contributed by atoms with Crippen LogP contribution in [0, 0.1) is 0 Å². The molecule has 5 nitrogen and oxygen atoms in total. The van der Waals surface area contributed by atoms with Gasteiger partial charge in [0.1, 0.15) is 0 Å². The van der Waals surface area contributed by atoms with E-state index in [0.717, 1.165) is 26.2 Å². The van der Waals surface area contributed by atoms with Gasteiger partial charge in [0.05, 0.1) is 11.1 Å². The summed E-state index contributed by atoms with van der Waals surface area (Å²) in [4.78, 5) is 16.3. The van der Waals surface area contributed by atoms with E-state index in [-0.39, 0.29) is 5.91 Å². The van der Waals surface area contributed by atoms with Crippen LogP contribution in [-0.4, -0.2) is 71.7 Å². The van der Waals surface area contributed by atoms with Crippen molar-refractivity contribution in [1.29, 1.82) is 0 Å². The Kier molecular flexibility index (Phi) is 4.75. The first-order chi connectivity index (χ1) is 8.15. The van der Waals surface area contributed by atoms with Gasteiger partial charge in [0.2, 0.25) is 5.91 Å². The number of hydrogen-bond donors (Lipinski definition) is 2.